The fourth-order valence-corrected chi connectivity index (χ4v) is 4.58. The third-order valence-corrected chi connectivity index (χ3v) is 6.25. The van der Waals surface area contributed by atoms with E-state index in [9.17, 15) is 14.7 Å². The van der Waals surface area contributed by atoms with Crippen molar-refractivity contribution in [3.8, 4) is 22.6 Å². The van der Waals surface area contributed by atoms with Gasteiger partial charge in [-0.2, -0.15) is 0 Å². The van der Waals surface area contributed by atoms with Crippen LogP contribution >= 0.6 is 0 Å². The van der Waals surface area contributed by atoms with E-state index < -0.39 is 18.1 Å². The molecule has 2 N–H and O–H groups in total. The Kier molecular flexibility index (Phi) is 6.67. The minimum Gasteiger partial charge on any atom is -0.480 e. The summed E-state index contributed by atoms with van der Waals surface area (Å²) in [5, 5.41) is 12.2. The van der Waals surface area contributed by atoms with Crippen molar-refractivity contribution in [2.75, 3.05) is 6.61 Å². The van der Waals surface area contributed by atoms with E-state index in [1.165, 1.54) is 0 Å². The van der Waals surface area contributed by atoms with E-state index in [0.717, 1.165) is 27.8 Å². The van der Waals surface area contributed by atoms with Crippen LogP contribution in [0.1, 0.15) is 22.6 Å². The van der Waals surface area contributed by atoms with Crippen LogP contribution in [0.15, 0.2) is 103 Å². The van der Waals surface area contributed by atoms with Crippen molar-refractivity contribution in [1.29, 1.82) is 0 Å². The van der Waals surface area contributed by atoms with Gasteiger partial charge >= 0.3 is 12.1 Å². The summed E-state index contributed by atoms with van der Waals surface area (Å²) in [6.07, 6.45) is -0.674. The standard InChI is InChI=1S/C30H25NO5/c32-29(33)28(18-20-9-8-12-22(17-20)36-21-10-2-1-3-11-21)31-30(34)35-19-27-25-15-6-4-13-23(25)24-14-5-7-16-26(24)27/h1-17,27-28H,18-19H2,(H,31,34)(H,32,33)/t28-/m0/s1. The van der Waals surface area contributed by atoms with Crippen molar-refractivity contribution in [1.82, 2.24) is 5.32 Å². The molecule has 0 fully saturated rings. The van der Waals surface area contributed by atoms with Crippen molar-refractivity contribution in [2.45, 2.75) is 18.4 Å². The van der Waals surface area contributed by atoms with Gasteiger partial charge in [-0.15, -0.1) is 0 Å². The summed E-state index contributed by atoms with van der Waals surface area (Å²) < 4.78 is 11.4. The maximum absolute atomic E-state index is 12.6. The van der Waals surface area contributed by atoms with Crippen LogP contribution in [-0.4, -0.2) is 29.8 Å². The van der Waals surface area contributed by atoms with Gasteiger partial charge in [0.15, 0.2) is 0 Å². The van der Waals surface area contributed by atoms with Gasteiger partial charge in [-0.05, 0) is 52.1 Å². The Labute approximate surface area is 209 Å². The van der Waals surface area contributed by atoms with E-state index in [1.54, 1.807) is 24.3 Å². The van der Waals surface area contributed by atoms with Gasteiger partial charge in [0.1, 0.15) is 24.1 Å². The lowest BCUT2D eigenvalue weighted by Crippen LogP contribution is -2.42. The molecule has 1 amide bonds. The summed E-state index contributed by atoms with van der Waals surface area (Å²) in [6, 6.07) is 31.4. The average Bonchev–Trinajstić information content (AvgIpc) is 3.21. The van der Waals surface area contributed by atoms with Gasteiger partial charge in [-0.25, -0.2) is 9.59 Å². The number of nitrogens with one attached hydrogen (secondary N) is 1. The number of para-hydroxylation sites is 1. The quantitative estimate of drug-likeness (QED) is 0.323. The fraction of sp³-hybridized carbons (Fsp3) is 0.133. The number of alkyl carbamates (subject to hydrolysis) is 1. The molecule has 1 aliphatic rings. The molecule has 1 aliphatic carbocycles. The molecular weight excluding hydrogens is 454 g/mol. The second-order valence-electron chi connectivity index (χ2n) is 8.63. The highest BCUT2D eigenvalue weighted by atomic mass is 16.5. The van der Waals surface area contributed by atoms with Gasteiger partial charge in [0, 0.05) is 12.3 Å². The second kappa shape index (κ2) is 10.4. The number of fused-ring (bicyclic) bond motifs is 3. The van der Waals surface area contributed by atoms with Gasteiger partial charge in [0.2, 0.25) is 0 Å². The summed E-state index contributed by atoms with van der Waals surface area (Å²) in [4.78, 5) is 24.5. The zero-order chi connectivity index (χ0) is 24.9. The van der Waals surface area contributed by atoms with E-state index in [4.69, 9.17) is 9.47 Å². The molecule has 0 unspecified atom stereocenters. The number of ether oxygens (including phenoxy) is 2. The number of amides is 1. The summed E-state index contributed by atoms with van der Waals surface area (Å²) in [5.41, 5.74) is 5.16. The molecule has 4 aromatic rings. The minimum atomic E-state index is -1.15. The summed E-state index contributed by atoms with van der Waals surface area (Å²) in [7, 11) is 0. The van der Waals surface area contributed by atoms with Crippen LogP contribution in [0.4, 0.5) is 4.79 Å². The van der Waals surface area contributed by atoms with Crippen molar-refractivity contribution >= 4 is 12.1 Å². The van der Waals surface area contributed by atoms with Crippen LogP contribution in [0.3, 0.4) is 0 Å². The number of aliphatic carboxylic acids is 1. The van der Waals surface area contributed by atoms with Crippen molar-refractivity contribution in [2.24, 2.45) is 0 Å². The van der Waals surface area contributed by atoms with Crippen LogP contribution in [0.5, 0.6) is 11.5 Å². The first-order chi connectivity index (χ1) is 17.6. The highest BCUT2D eigenvalue weighted by Gasteiger charge is 2.29. The van der Waals surface area contributed by atoms with Gasteiger partial charge in [0.05, 0.1) is 0 Å². The Hall–Kier alpha value is -4.58. The molecule has 180 valence electrons. The predicted molar refractivity (Wildman–Crippen MR) is 136 cm³/mol. The number of rotatable bonds is 8. The number of benzene rings is 4. The maximum atomic E-state index is 12.6. The molecule has 4 aromatic carbocycles. The topological polar surface area (TPSA) is 84.9 Å². The van der Waals surface area contributed by atoms with Crippen molar-refractivity contribution in [3.63, 3.8) is 0 Å². The molecular formula is C30H25NO5. The number of carboxylic acids is 1. The lowest BCUT2D eigenvalue weighted by Gasteiger charge is -2.18. The number of hydrogen-bond donors (Lipinski definition) is 2. The van der Waals surface area contributed by atoms with Gasteiger partial charge < -0.3 is 19.9 Å². The highest BCUT2D eigenvalue weighted by molar-refractivity contribution is 5.81. The SMILES string of the molecule is O=C(N[C@@H](Cc1cccc(Oc2ccccc2)c1)C(=O)O)OCC1c2ccccc2-c2ccccc21. The molecule has 6 nitrogen and oxygen atoms in total. The predicted octanol–water partition coefficient (Wildman–Crippen LogP) is 6.01. The molecule has 0 heterocycles. The van der Waals surface area contributed by atoms with Gasteiger partial charge in [-0.3, -0.25) is 0 Å². The third-order valence-electron chi connectivity index (χ3n) is 6.25. The van der Waals surface area contributed by atoms with E-state index in [-0.39, 0.29) is 18.9 Å². The molecule has 0 aliphatic heterocycles. The van der Waals surface area contributed by atoms with Crippen LogP contribution in [0, 0.1) is 0 Å². The Morgan fingerprint density at radius 2 is 1.39 bits per heavy atom. The summed E-state index contributed by atoms with van der Waals surface area (Å²) in [6.45, 7) is 0.118. The fourth-order valence-electron chi connectivity index (χ4n) is 4.58. The van der Waals surface area contributed by atoms with Gasteiger partial charge in [0.25, 0.3) is 0 Å². The lowest BCUT2D eigenvalue weighted by molar-refractivity contribution is -0.139. The van der Waals surface area contributed by atoms with E-state index >= 15 is 0 Å². The number of hydrogen-bond acceptors (Lipinski definition) is 4. The average molecular weight is 480 g/mol. The zero-order valence-electron chi connectivity index (χ0n) is 19.5. The van der Waals surface area contributed by atoms with Crippen molar-refractivity contribution < 1.29 is 24.2 Å². The normalized spacial score (nSPS) is 12.8. The van der Waals surface area contributed by atoms with E-state index in [1.807, 2.05) is 66.7 Å². The number of carbonyl (C=O) groups excluding carboxylic acids is 1. The third kappa shape index (κ3) is 5.08. The smallest absolute Gasteiger partial charge is 0.407 e. The molecule has 36 heavy (non-hydrogen) atoms. The Morgan fingerprint density at radius 1 is 0.778 bits per heavy atom. The van der Waals surface area contributed by atoms with Crippen molar-refractivity contribution in [3.05, 3.63) is 120 Å². The van der Waals surface area contributed by atoms with Crippen LogP contribution in [-0.2, 0) is 16.0 Å². The first-order valence-electron chi connectivity index (χ1n) is 11.7. The number of carboxylic acid groups (broad SMARTS) is 1. The molecule has 0 radical (unpaired) electrons. The first-order valence-corrected chi connectivity index (χ1v) is 11.7. The molecule has 0 saturated carbocycles. The molecule has 1 atom stereocenters. The van der Waals surface area contributed by atoms with Gasteiger partial charge in [-0.1, -0.05) is 78.9 Å². The number of carbonyl (C=O) groups is 2. The summed E-state index contributed by atoms with van der Waals surface area (Å²) in [5.74, 6) is 0.0290. The highest BCUT2D eigenvalue weighted by Crippen LogP contribution is 2.44. The minimum absolute atomic E-state index is 0.0888. The molecule has 0 saturated heterocycles. The largest absolute Gasteiger partial charge is 0.480 e. The molecule has 0 bridgehead atoms. The summed E-state index contributed by atoms with van der Waals surface area (Å²) >= 11 is 0. The van der Waals surface area contributed by atoms with Crippen LogP contribution in [0.25, 0.3) is 11.1 Å². The van der Waals surface area contributed by atoms with Crippen LogP contribution < -0.4 is 10.1 Å². The first kappa shape index (κ1) is 23.2. The molecule has 5 rings (SSSR count). The van der Waals surface area contributed by atoms with Crippen LogP contribution in [0.2, 0.25) is 0 Å². The molecule has 0 aromatic heterocycles. The molecule has 0 spiro atoms. The second-order valence-corrected chi connectivity index (χ2v) is 8.63. The Balaban J connectivity index is 1.23. The maximum Gasteiger partial charge on any atom is 0.407 e. The lowest BCUT2D eigenvalue weighted by atomic mass is 9.98. The van der Waals surface area contributed by atoms with E-state index in [0.29, 0.717) is 11.5 Å². The Bertz CT molecular complexity index is 1340. The molecule has 6 heteroatoms. The Morgan fingerprint density at radius 3 is 2.06 bits per heavy atom. The zero-order valence-corrected chi connectivity index (χ0v) is 19.5. The van der Waals surface area contributed by atoms with E-state index in [2.05, 4.69) is 17.4 Å². The monoisotopic (exact) mass is 479 g/mol.